The standard InChI is InChI=1S/C52H34N2O/c1-4-14-35(15-5-1)36-24-26-39(27-25-36)53(41-28-30-44-43-21-12-13-23-48(43)54(49(44)33-41)38-18-8-3-9-19-38)40-29-31-50-47(32-40)52-45-22-11-10-20-42(45)46(34-51(52)55-50)37-16-6-2-7-17-37/h1-34H. The van der Waals surface area contributed by atoms with Gasteiger partial charge in [-0.3, -0.25) is 0 Å². The molecule has 2 heterocycles. The number of aromatic nitrogens is 1. The second-order valence-electron chi connectivity index (χ2n) is 14.1. The van der Waals surface area contributed by atoms with Gasteiger partial charge in [0.15, 0.2) is 0 Å². The van der Waals surface area contributed by atoms with Gasteiger partial charge < -0.3 is 13.9 Å². The number of benzene rings is 9. The molecule has 9 aromatic carbocycles. The summed E-state index contributed by atoms with van der Waals surface area (Å²) in [6, 6.07) is 73.8. The van der Waals surface area contributed by atoms with Crippen molar-refractivity contribution in [3.63, 3.8) is 0 Å². The fraction of sp³-hybridized carbons (Fsp3) is 0. The number of hydrogen-bond acceptors (Lipinski definition) is 2. The molecule has 0 aliphatic carbocycles. The highest BCUT2D eigenvalue weighted by Gasteiger charge is 2.20. The van der Waals surface area contributed by atoms with Gasteiger partial charge >= 0.3 is 0 Å². The van der Waals surface area contributed by atoms with E-state index in [0.29, 0.717) is 0 Å². The highest BCUT2D eigenvalue weighted by molar-refractivity contribution is 6.22. The SMILES string of the molecule is c1ccc(-c2ccc(N(c3ccc4oc5cc(-c6ccccc6)c6ccccc6c5c4c3)c3ccc4c5ccccc5n(-c5ccccc5)c4c3)cc2)cc1. The molecule has 0 saturated heterocycles. The second-order valence-corrected chi connectivity index (χ2v) is 14.1. The number of rotatable bonds is 6. The summed E-state index contributed by atoms with van der Waals surface area (Å²) in [6.45, 7) is 0. The van der Waals surface area contributed by atoms with Crippen LogP contribution in [0.15, 0.2) is 211 Å². The molecule has 3 heteroatoms. The number of para-hydroxylation sites is 2. The van der Waals surface area contributed by atoms with Gasteiger partial charge in [-0.2, -0.15) is 0 Å². The van der Waals surface area contributed by atoms with Crippen LogP contribution in [0, 0.1) is 0 Å². The molecular weight excluding hydrogens is 669 g/mol. The molecule has 0 aliphatic heterocycles. The summed E-state index contributed by atoms with van der Waals surface area (Å²) in [7, 11) is 0. The smallest absolute Gasteiger partial charge is 0.136 e. The molecule has 0 atom stereocenters. The Labute approximate surface area is 318 Å². The zero-order valence-electron chi connectivity index (χ0n) is 29.9. The summed E-state index contributed by atoms with van der Waals surface area (Å²) in [4.78, 5) is 2.38. The normalized spacial score (nSPS) is 11.6. The zero-order chi connectivity index (χ0) is 36.3. The second kappa shape index (κ2) is 12.6. The lowest BCUT2D eigenvalue weighted by atomic mass is 9.95. The van der Waals surface area contributed by atoms with Gasteiger partial charge in [-0.1, -0.05) is 140 Å². The van der Waals surface area contributed by atoms with Crippen LogP contribution in [0.5, 0.6) is 0 Å². The topological polar surface area (TPSA) is 21.3 Å². The average Bonchev–Trinajstić information content (AvgIpc) is 3.80. The zero-order valence-corrected chi connectivity index (χ0v) is 29.9. The first-order valence-electron chi connectivity index (χ1n) is 18.8. The summed E-state index contributed by atoms with van der Waals surface area (Å²) in [5.41, 5.74) is 13.2. The van der Waals surface area contributed by atoms with E-state index in [1.807, 2.05) is 0 Å². The van der Waals surface area contributed by atoms with Crippen molar-refractivity contribution < 1.29 is 4.42 Å². The predicted octanol–water partition coefficient (Wildman–Crippen LogP) is 14.6. The molecule has 11 aromatic rings. The number of anilines is 3. The Kier molecular flexibility index (Phi) is 7.17. The molecule has 11 rings (SSSR count). The van der Waals surface area contributed by atoms with Gasteiger partial charge in [0.25, 0.3) is 0 Å². The van der Waals surface area contributed by atoms with Gasteiger partial charge in [-0.15, -0.1) is 0 Å². The molecule has 55 heavy (non-hydrogen) atoms. The van der Waals surface area contributed by atoms with Crippen LogP contribution in [0.3, 0.4) is 0 Å². The van der Waals surface area contributed by atoms with Crippen molar-refractivity contribution in [1.82, 2.24) is 4.57 Å². The maximum Gasteiger partial charge on any atom is 0.136 e. The first kappa shape index (κ1) is 31.2. The van der Waals surface area contributed by atoms with Crippen molar-refractivity contribution in [3.8, 4) is 27.9 Å². The number of hydrogen-bond donors (Lipinski definition) is 0. The molecular formula is C52H34N2O. The minimum atomic E-state index is 0.869. The Morgan fingerprint density at radius 1 is 0.345 bits per heavy atom. The van der Waals surface area contributed by atoms with Crippen LogP contribution in [0.25, 0.3) is 82.5 Å². The quantitative estimate of drug-likeness (QED) is 0.172. The molecule has 0 spiro atoms. The lowest BCUT2D eigenvalue weighted by molar-refractivity contribution is 0.669. The van der Waals surface area contributed by atoms with Crippen molar-refractivity contribution in [2.75, 3.05) is 4.90 Å². The molecule has 0 radical (unpaired) electrons. The summed E-state index contributed by atoms with van der Waals surface area (Å²) in [5.74, 6) is 0. The van der Waals surface area contributed by atoms with Crippen LogP contribution in [-0.2, 0) is 0 Å². The number of nitrogens with zero attached hydrogens (tertiary/aromatic N) is 2. The van der Waals surface area contributed by atoms with Crippen LogP contribution in [0.1, 0.15) is 0 Å². The van der Waals surface area contributed by atoms with Gasteiger partial charge in [-0.25, -0.2) is 0 Å². The molecule has 0 saturated carbocycles. The Bertz CT molecular complexity index is 3180. The maximum absolute atomic E-state index is 6.67. The van der Waals surface area contributed by atoms with Crippen molar-refractivity contribution >= 4 is 71.6 Å². The van der Waals surface area contributed by atoms with Crippen molar-refractivity contribution in [3.05, 3.63) is 206 Å². The molecule has 0 fully saturated rings. The van der Waals surface area contributed by atoms with E-state index in [9.17, 15) is 0 Å². The maximum atomic E-state index is 6.67. The van der Waals surface area contributed by atoms with Crippen molar-refractivity contribution in [2.24, 2.45) is 0 Å². The largest absolute Gasteiger partial charge is 0.456 e. The summed E-state index contributed by atoms with van der Waals surface area (Å²) in [5, 5.41) is 7.07. The third-order valence-electron chi connectivity index (χ3n) is 11.0. The Hall–Kier alpha value is -7.36. The third-order valence-corrected chi connectivity index (χ3v) is 11.0. The predicted molar refractivity (Wildman–Crippen MR) is 231 cm³/mol. The molecule has 3 nitrogen and oxygen atoms in total. The summed E-state index contributed by atoms with van der Waals surface area (Å²) >= 11 is 0. The molecule has 0 amide bonds. The van der Waals surface area contributed by atoms with E-state index in [-0.39, 0.29) is 0 Å². The van der Waals surface area contributed by atoms with Gasteiger partial charge in [0.2, 0.25) is 0 Å². The van der Waals surface area contributed by atoms with E-state index in [4.69, 9.17) is 4.42 Å². The first-order chi connectivity index (χ1) is 27.3. The first-order valence-corrected chi connectivity index (χ1v) is 18.8. The monoisotopic (exact) mass is 702 g/mol. The Balaban J connectivity index is 1.15. The van der Waals surface area contributed by atoms with Crippen molar-refractivity contribution in [2.45, 2.75) is 0 Å². The van der Waals surface area contributed by atoms with E-state index in [1.165, 1.54) is 49.3 Å². The van der Waals surface area contributed by atoms with Crippen LogP contribution in [-0.4, -0.2) is 4.57 Å². The average molecular weight is 703 g/mol. The van der Waals surface area contributed by atoms with Crippen LogP contribution >= 0.6 is 0 Å². The minimum Gasteiger partial charge on any atom is -0.456 e. The number of furan rings is 1. The minimum absolute atomic E-state index is 0.869. The summed E-state index contributed by atoms with van der Waals surface area (Å²) < 4.78 is 9.05. The summed E-state index contributed by atoms with van der Waals surface area (Å²) in [6.07, 6.45) is 0. The van der Waals surface area contributed by atoms with E-state index < -0.39 is 0 Å². The van der Waals surface area contributed by atoms with Gasteiger partial charge in [0.1, 0.15) is 11.2 Å². The van der Waals surface area contributed by atoms with E-state index in [0.717, 1.165) is 50.2 Å². The molecule has 258 valence electrons. The van der Waals surface area contributed by atoms with E-state index in [1.54, 1.807) is 0 Å². The van der Waals surface area contributed by atoms with Gasteiger partial charge in [0, 0.05) is 44.3 Å². The molecule has 0 aliphatic rings. The van der Waals surface area contributed by atoms with Gasteiger partial charge in [0.05, 0.1) is 11.0 Å². The molecule has 2 aromatic heterocycles. The highest BCUT2D eigenvalue weighted by Crippen LogP contribution is 2.44. The number of fused-ring (bicyclic) bond motifs is 8. The van der Waals surface area contributed by atoms with Crippen LogP contribution < -0.4 is 4.90 Å². The fourth-order valence-electron chi connectivity index (χ4n) is 8.46. The van der Waals surface area contributed by atoms with Crippen LogP contribution in [0.2, 0.25) is 0 Å². The fourth-order valence-corrected chi connectivity index (χ4v) is 8.46. The lowest BCUT2D eigenvalue weighted by Crippen LogP contribution is -2.10. The molecule has 0 bridgehead atoms. The van der Waals surface area contributed by atoms with Gasteiger partial charge in [-0.05, 0) is 99.8 Å². The Morgan fingerprint density at radius 3 is 1.67 bits per heavy atom. The molecule has 0 N–H and O–H groups in total. The highest BCUT2D eigenvalue weighted by atomic mass is 16.3. The van der Waals surface area contributed by atoms with Crippen LogP contribution in [0.4, 0.5) is 17.1 Å². The molecule has 0 unspecified atom stereocenters. The van der Waals surface area contributed by atoms with E-state index in [2.05, 4.69) is 216 Å². The lowest BCUT2D eigenvalue weighted by Gasteiger charge is -2.26. The van der Waals surface area contributed by atoms with Crippen molar-refractivity contribution in [1.29, 1.82) is 0 Å². The third kappa shape index (κ3) is 5.13. The van der Waals surface area contributed by atoms with E-state index >= 15 is 0 Å². The Morgan fingerprint density at radius 2 is 0.909 bits per heavy atom.